The van der Waals surface area contributed by atoms with Crippen LogP contribution in [0.2, 0.25) is 0 Å². The molecule has 0 aliphatic heterocycles. The molecule has 0 saturated carbocycles. The Bertz CT molecular complexity index is 836. The number of nitrogens with zero attached hydrogens (tertiary/aromatic N) is 1. The molecule has 160 valence electrons. The summed E-state index contributed by atoms with van der Waals surface area (Å²) in [5, 5.41) is 9.06. The third kappa shape index (κ3) is 6.14. The lowest BCUT2D eigenvalue weighted by molar-refractivity contribution is -0.123. The number of rotatable bonds is 9. The van der Waals surface area contributed by atoms with Gasteiger partial charge in [0.15, 0.2) is 0 Å². The van der Waals surface area contributed by atoms with Gasteiger partial charge in [-0.1, -0.05) is 40.2 Å². The zero-order chi connectivity index (χ0) is 21.6. The summed E-state index contributed by atoms with van der Waals surface area (Å²) in [6.45, 7) is 8.78. The molecule has 5 N–H and O–H groups in total. The molecule has 0 spiro atoms. The van der Waals surface area contributed by atoms with E-state index in [9.17, 15) is 9.59 Å². The topological polar surface area (TPSA) is 109 Å². The molecule has 29 heavy (non-hydrogen) atoms. The second-order valence-corrected chi connectivity index (χ2v) is 8.82. The maximum Gasteiger partial charge on any atom is 0.315 e. The largest absolute Gasteiger partial charge is 0.350 e. The van der Waals surface area contributed by atoms with Crippen molar-refractivity contribution in [1.82, 2.24) is 20.9 Å². The van der Waals surface area contributed by atoms with E-state index < -0.39 is 12.1 Å². The van der Waals surface area contributed by atoms with Gasteiger partial charge in [-0.25, -0.2) is 9.78 Å². The van der Waals surface area contributed by atoms with Crippen LogP contribution >= 0.6 is 11.3 Å². The monoisotopic (exact) mass is 419 g/mol. The van der Waals surface area contributed by atoms with E-state index in [-0.39, 0.29) is 17.9 Å². The quantitative estimate of drug-likeness (QED) is 0.501. The van der Waals surface area contributed by atoms with E-state index in [2.05, 4.69) is 60.8 Å². The summed E-state index contributed by atoms with van der Waals surface area (Å²) in [5.74, 6) is 0.445. The Kier molecular flexibility index (Phi) is 8.40. The average molecular weight is 420 g/mol. The van der Waals surface area contributed by atoms with Gasteiger partial charge in [-0.15, -0.1) is 11.3 Å². The number of nitrogens with one attached hydrogen (secondary N) is 3. The maximum absolute atomic E-state index is 12.9. The van der Waals surface area contributed by atoms with E-state index in [4.69, 9.17) is 5.73 Å². The molecule has 0 saturated heterocycles. The molecule has 1 heterocycles. The lowest BCUT2D eigenvalue weighted by Gasteiger charge is -2.25. The Morgan fingerprint density at radius 1 is 1.21 bits per heavy atom. The molecule has 0 fully saturated rings. The summed E-state index contributed by atoms with van der Waals surface area (Å²) in [6, 6.07) is 4.99. The highest BCUT2D eigenvalue weighted by atomic mass is 32.1. The molecule has 0 radical (unpaired) electrons. The number of benzene rings is 1. The van der Waals surface area contributed by atoms with Gasteiger partial charge >= 0.3 is 6.03 Å². The fraction of sp³-hybridized carbons (Fsp3) is 0.571. The van der Waals surface area contributed by atoms with E-state index >= 15 is 0 Å². The van der Waals surface area contributed by atoms with Crippen molar-refractivity contribution >= 4 is 33.5 Å². The van der Waals surface area contributed by atoms with Gasteiger partial charge in [-0.2, -0.15) is 0 Å². The van der Waals surface area contributed by atoms with Crippen LogP contribution in [0, 0.1) is 5.92 Å². The number of carbonyl (C=O) groups is 2. The molecule has 0 aliphatic rings. The molecule has 2 rings (SSSR count). The molecule has 0 aliphatic carbocycles. The SMILES string of the molecule is CC[C@H](C)[C@@H](CN)NC(=O)[C@H](Cc1nc2ccc(C(C)C)cc2s1)NC(=O)NC. The molecule has 7 nitrogen and oxygen atoms in total. The normalized spacial score (nSPS) is 14.4. The fourth-order valence-corrected chi connectivity index (χ4v) is 4.11. The Balaban J connectivity index is 2.22. The van der Waals surface area contributed by atoms with Crippen LogP contribution in [0.5, 0.6) is 0 Å². The van der Waals surface area contributed by atoms with Crippen LogP contribution in [-0.2, 0) is 11.2 Å². The third-order valence-electron chi connectivity index (χ3n) is 5.26. The molecule has 8 heteroatoms. The Labute approximate surface area is 176 Å². The first kappa shape index (κ1) is 23.1. The van der Waals surface area contributed by atoms with Crippen molar-refractivity contribution in [2.45, 2.75) is 58.5 Å². The van der Waals surface area contributed by atoms with Crippen molar-refractivity contribution in [2.24, 2.45) is 11.7 Å². The van der Waals surface area contributed by atoms with Crippen LogP contribution < -0.4 is 21.7 Å². The first-order valence-corrected chi connectivity index (χ1v) is 11.0. The molecule has 3 amide bonds. The number of thiazole rings is 1. The Morgan fingerprint density at radius 2 is 1.93 bits per heavy atom. The summed E-state index contributed by atoms with van der Waals surface area (Å²) < 4.78 is 1.09. The summed E-state index contributed by atoms with van der Waals surface area (Å²) >= 11 is 1.56. The second-order valence-electron chi connectivity index (χ2n) is 7.71. The third-order valence-corrected chi connectivity index (χ3v) is 6.30. The van der Waals surface area contributed by atoms with E-state index in [0.29, 0.717) is 18.9 Å². The van der Waals surface area contributed by atoms with E-state index in [1.54, 1.807) is 11.3 Å². The zero-order valence-electron chi connectivity index (χ0n) is 17.9. The average Bonchev–Trinajstić information content (AvgIpc) is 3.11. The van der Waals surface area contributed by atoms with Gasteiger partial charge in [-0.3, -0.25) is 4.79 Å². The smallest absolute Gasteiger partial charge is 0.315 e. The summed E-state index contributed by atoms with van der Waals surface area (Å²) in [4.78, 5) is 29.5. The van der Waals surface area contributed by atoms with Crippen molar-refractivity contribution in [3.63, 3.8) is 0 Å². The molecule has 1 aromatic carbocycles. The Hall–Kier alpha value is -2.19. The fourth-order valence-electron chi connectivity index (χ4n) is 3.05. The molecule has 0 unspecified atom stereocenters. The number of amides is 3. The molecule has 2 aromatic rings. The van der Waals surface area contributed by atoms with Crippen molar-refractivity contribution in [3.05, 3.63) is 28.8 Å². The highest BCUT2D eigenvalue weighted by Crippen LogP contribution is 2.27. The van der Waals surface area contributed by atoms with Crippen LogP contribution in [0.1, 0.15) is 50.6 Å². The zero-order valence-corrected chi connectivity index (χ0v) is 18.7. The van der Waals surface area contributed by atoms with Crippen molar-refractivity contribution in [2.75, 3.05) is 13.6 Å². The molecular formula is C21H33N5O2S. The van der Waals surface area contributed by atoms with Crippen LogP contribution in [0.15, 0.2) is 18.2 Å². The van der Waals surface area contributed by atoms with Gasteiger partial charge < -0.3 is 21.7 Å². The summed E-state index contributed by atoms with van der Waals surface area (Å²) in [5.41, 5.74) is 8.01. The minimum atomic E-state index is -0.724. The molecular weight excluding hydrogens is 386 g/mol. The standard InChI is InChI=1S/C21H33N5O2S/c1-6-13(4)17(11-22)25-20(27)16(26-21(28)23-5)10-19-24-15-8-7-14(12(2)3)9-18(15)29-19/h7-9,12-13,16-17H,6,10-11,22H2,1-5H3,(H,25,27)(H2,23,26,28)/t13-,16-,17+/m0/s1. The van der Waals surface area contributed by atoms with Gasteiger partial charge in [-0.05, 0) is 29.5 Å². The van der Waals surface area contributed by atoms with Crippen molar-refractivity contribution < 1.29 is 9.59 Å². The predicted molar refractivity (Wildman–Crippen MR) is 119 cm³/mol. The van der Waals surface area contributed by atoms with Gasteiger partial charge in [0.2, 0.25) is 5.91 Å². The minimum Gasteiger partial charge on any atom is -0.350 e. The lowest BCUT2D eigenvalue weighted by atomic mass is 9.98. The molecule has 3 atom stereocenters. The van der Waals surface area contributed by atoms with Gasteiger partial charge in [0, 0.05) is 26.1 Å². The number of nitrogens with two attached hydrogens (primary N) is 1. The van der Waals surface area contributed by atoms with Crippen LogP contribution in [0.3, 0.4) is 0 Å². The minimum absolute atomic E-state index is 0.134. The molecule has 0 bridgehead atoms. The second kappa shape index (κ2) is 10.5. The number of fused-ring (bicyclic) bond motifs is 1. The van der Waals surface area contributed by atoms with Crippen LogP contribution in [0.4, 0.5) is 4.79 Å². The van der Waals surface area contributed by atoms with Gasteiger partial charge in [0.1, 0.15) is 6.04 Å². The van der Waals surface area contributed by atoms with E-state index in [0.717, 1.165) is 21.6 Å². The summed E-state index contributed by atoms with van der Waals surface area (Å²) in [6.07, 6.45) is 1.24. The highest BCUT2D eigenvalue weighted by Gasteiger charge is 2.26. The number of hydrogen-bond acceptors (Lipinski definition) is 5. The maximum atomic E-state index is 12.9. The Morgan fingerprint density at radius 3 is 2.52 bits per heavy atom. The first-order chi connectivity index (χ1) is 13.8. The molecule has 1 aromatic heterocycles. The number of carbonyl (C=O) groups excluding carboxylic acids is 2. The predicted octanol–water partition coefficient (Wildman–Crippen LogP) is 2.75. The lowest BCUT2D eigenvalue weighted by Crippen LogP contribution is -2.55. The first-order valence-electron chi connectivity index (χ1n) is 10.2. The van der Waals surface area contributed by atoms with E-state index in [1.807, 2.05) is 6.07 Å². The summed E-state index contributed by atoms with van der Waals surface area (Å²) in [7, 11) is 1.53. The van der Waals surface area contributed by atoms with Gasteiger partial charge in [0.05, 0.1) is 15.2 Å². The number of aromatic nitrogens is 1. The van der Waals surface area contributed by atoms with Crippen LogP contribution in [-0.4, -0.2) is 42.6 Å². The highest BCUT2D eigenvalue weighted by molar-refractivity contribution is 7.18. The van der Waals surface area contributed by atoms with Crippen LogP contribution in [0.25, 0.3) is 10.2 Å². The number of urea groups is 1. The van der Waals surface area contributed by atoms with Crippen molar-refractivity contribution in [3.8, 4) is 0 Å². The van der Waals surface area contributed by atoms with E-state index in [1.165, 1.54) is 12.6 Å². The van der Waals surface area contributed by atoms with Crippen molar-refractivity contribution in [1.29, 1.82) is 0 Å². The van der Waals surface area contributed by atoms with Gasteiger partial charge in [0.25, 0.3) is 0 Å². The number of hydrogen-bond donors (Lipinski definition) is 4.